The molecule has 1 aliphatic heterocycles. The van der Waals surface area contributed by atoms with E-state index < -0.39 is 10.0 Å². The lowest BCUT2D eigenvalue weighted by Gasteiger charge is -2.24. The van der Waals surface area contributed by atoms with Crippen LogP contribution in [0.1, 0.15) is 11.1 Å². The van der Waals surface area contributed by atoms with Crippen molar-refractivity contribution < 1.29 is 13.5 Å². The van der Waals surface area contributed by atoms with Gasteiger partial charge >= 0.3 is 0 Å². The maximum absolute atomic E-state index is 12.5. The van der Waals surface area contributed by atoms with Gasteiger partial charge in [0.05, 0.1) is 18.8 Å². The third-order valence-corrected chi connectivity index (χ3v) is 5.06. The Morgan fingerprint density at radius 2 is 1.67 bits per heavy atom. The predicted octanol–water partition coefficient (Wildman–Crippen LogP) is 2.04. The molecule has 0 spiro atoms. The molecule has 0 amide bonds. The summed E-state index contributed by atoms with van der Waals surface area (Å²) in [6.07, 6.45) is 1.34. The van der Waals surface area contributed by atoms with Gasteiger partial charge in [-0.05, 0) is 23.3 Å². The number of sulfonamides is 1. The Morgan fingerprint density at radius 1 is 1.00 bits per heavy atom. The molecular formula is C15H14N2O3S. The van der Waals surface area contributed by atoms with Crippen molar-refractivity contribution in [3.05, 3.63) is 59.7 Å². The summed E-state index contributed by atoms with van der Waals surface area (Å²) < 4.78 is 26.3. The quantitative estimate of drug-likeness (QED) is 0.943. The van der Waals surface area contributed by atoms with Crippen LogP contribution in [-0.2, 0) is 23.2 Å². The van der Waals surface area contributed by atoms with E-state index in [1.54, 1.807) is 48.5 Å². The Balaban J connectivity index is 1.90. The Hall–Kier alpha value is -2.18. The number of rotatable bonds is 3. The summed E-state index contributed by atoms with van der Waals surface area (Å²) in [6.45, 7) is 0.184. The maximum atomic E-state index is 12.5. The molecule has 5 nitrogen and oxygen atoms in total. The van der Waals surface area contributed by atoms with E-state index in [4.69, 9.17) is 5.11 Å². The van der Waals surface area contributed by atoms with Gasteiger partial charge in [-0.1, -0.05) is 36.4 Å². The van der Waals surface area contributed by atoms with Crippen LogP contribution in [0, 0.1) is 0 Å². The first kappa shape index (κ1) is 13.8. The molecule has 0 unspecified atom stereocenters. The van der Waals surface area contributed by atoms with Crippen molar-refractivity contribution in [2.45, 2.75) is 18.0 Å². The molecule has 0 saturated heterocycles. The molecule has 0 bridgehead atoms. The first-order valence-corrected chi connectivity index (χ1v) is 7.89. The van der Waals surface area contributed by atoms with Crippen molar-refractivity contribution in [3.63, 3.8) is 0 Å². The summed E-state index contributed by atoms with van der Waals surface area (Å²) in [7, 11) is -3.56. The lowest BCUT2D eigenvalue weighted by atomic mass is 10.1. The minimum atomic E-state index is -3.56. The average molecular weight is 302 g/mol. The van der Waals surface area contributed by atoms with E-state index in [-0.39, 0.29) is 18.0 Å². The van der Waals surface area contributed by atoms with Crippen molar-refractivity contribution >= 4 is 22.0 Å². The Labute approximate surface area is 123 Å². The topological polar surface area (TPSA) is 70.0 Å². The van der Waals surface area contributed by atoms with Gasteiger partial charge in [-0.25, -0.2) is 13.4 Å². The molecule has 0 aliphatic carbocycles. The summed E-state index contributed by atoms with van der Waals surface area (Å²) in [5.74, 6) is 0. The fourth-order valence-corrected chi connectivity index (χ4v) is 3.53. The van der Waals surface area contributed by atoms with Crippen LogP contribution >= 0.6 is 0 Å². The van der Waals surface area contributed by atoms with Crippen LogP contribution in [0.4, 0.5) is 5.69 Å². The van der Waals surface area contributed by atoms with Crippen LogP contribution in [0.5, 0.6) is 0 Å². The minimum absolute atomic E-state index is 0.0306. The molecule has 1 aliphatic rings. The first-order chi connectivity index (χ1) is 10.1. The molecule has 2 aromatic rings. The number of aliphatic hydroxyl groups excluding tert-OH is 1. The molecule has 0 fully saturated rings. The molecule has 6 heteroatoms. The van der Waals surface area contributed by atoms with Crippen LogP contribution in [0.3, 0.4) is 0 Å². The zero-order chi connectivity index (χ0) is 14.9. The number of hydrogen-bond acceptors (Lipinski definition) is 4. The maximum Gasteiger partial charge on any atom is 0.267 e. The third kappa shape index (κ3) is 2.55. The number of nitrogens with zero attached hydrogens (tertiary/aromatic N) is 2. The molecule has 1 heterocycles. The van der Waals surface area contributed by atoms with Gasteiger partial charge in [0.2, 0.25) is 0 Å². The van der Waals surface area contributed by atoms with Gasteiger partial charge in [-0.15, -0.1) is 0 Å². The standard InChI is InChI=1S/C15H14N2O3S/c18-10-13-7-5-12(6-8-13)9-17-11-16-14-3-1-2-4-15(14)21(17,19)20/h1-8,11,18H,9-10H2. The van der Waals surface area contributed by atoms with E-state index in [2.05, 4.69) is 4.99 Å². The highest BCUT2D eigenvalue weighted by Crippen LogP contribution is 2.30. The zero-order valence-corrected chi connectivity index (χ0v) is 12.0. The second-order valence-electron chi connectivity index (χ2n) is 4.74. The second kappa shape index (κ2) is 5.31. The van der Waals surface area contributed by atoms with Gasteiger partial charge in [-0.3, -0.25) is 4.31 Å². The highest BCUT2D eigenvalue weighted by molar-refractivity contribution is 7.89. The third-order valence-electron chi connectivity index (χ3n) is 3.32. The highest BCUT2D eigenvalue weighted by Gasteiger charge is 2.28. The van der Waals surface area contributed by atoms with Crippen molar-refractivity contribution in [2.75, 3.05) is 0 Å². The molecule has 2 aromatic carbocycles. The Morgan fingerprint density at radius 3 is 2.38 bits per heavy atom. The number of benzene rings is 2. The number of hydrogen-bond donors (Lipinski definition) is 1. The van der Waals surface area contributed by atoms with E-state index >= 15 is 0 Å². The fourth-order valence-electron chi connectivity index (χ4n) is 2.15. The van der Waals surface area contributed by atoms with Crippen LogP contribution in [0.25, 0.3) is 0 Å². The van der Waals surface area contributed by atoms with Crippen LogP contribution in [-0.4, -0.2) is 24.2 Å². The molecular weight excluding hydrogens is 288 g/mol. The molecule has 1 N–H and O–H groups in total. The zero-order valence-electron chi connectivity index (χ0n) is 11.2. The van der Waals surface area contributed by atoms with Gasteiger partial charge in [0, 0.05) is 0 Å². The molecule has 0 aromatic heterocycles. The summed E-state index contributed by atoms with van der Waals surface area (Å²) >= 11 is 0. The monoisotopic (exact) mass is 302 g/mol. The summed E-state index contributed by atoms with van der Waals surface area (Å²) in [6, 6.07) is 13.8. The predicted molar refractivity (Wildman–Crippen MR) is 79.7 cm³/mol. The molecule has 108 valence electrons. The molecule has 21 heavy (non-hydrogen) atoms. The van der Waals surface area contributed by atoms with E-state index in [1.165, 1.54) is 10.6 Å². The van der Waals surface area contributed by atoms with Gasteiger partial charge in [-0.2, -0.15) is 0 Å². The first-order valence-electron chi connectivity index (χ1n) is 6.45. The fraction of sp³-hybridized carbons (Fsp3) is 0.133. The van der Waals surface area contributed by atoms with Crippen LogP contribution in [0.15, 0.2) is 58.4 Å². The average Bonchev–Trinajstić information content (AvgIpc) is 2.51. The number of aliphatic hydroxyl groups is 1. The van der Waals surface area contributed by atoms with Crippen molar-refractivity contribution in [1.29, 1.82) is 0 Å². The number of fused-ring (bicyclic) bond motifs is 1. The van der Waals surface area contributed by atoms with E-state index in [9.17, 15) is 8.42 Å². The molecule has 3 rings (SSSR count). The Bertz CT molecular complexity index is 783. The summed E-state index contributed by atoms with van der Waals surface area (Å²) in [5.41, 5.74) is 2.09. The van der Waals surface area contributed by atoms with Gasteiger partial charge in [0.25, 0.3) is 10.0 Å². The summed E-state index contributed by atoms with van der Waals surface area (Å²) in [5, 5.41) is 9.01. The number of para-hydroxylation sites is 1. The van der Waals surface area contributed by atoms with E-state index in [0.717, 1.165) is 11.1 Å². The van der Waals surface area contributed by atoms with Crippen molar-refractivity contribution in [1.82, 2.24) is 4.31 Å². The highest BCUT2D eigenvalue weighted by atomic mass is 32.2. The van der Waals surface area contributed by atoms with E-state index in [1.807, 2.05) is 0 Å². The number of aliphatic imine (C=N–C) groups is 1. The minimum Gasteiger partial charge on any atom is -0.392 e. The molecule has 0 saturated carbocycles. The van der Waals surface area contributed by atoms with Crippen LogP contribution < -0.4 is 0 Å². The lowest BCUT2D eigenvalue weighted by molar-refractivity contribution is 0.282. The van der Waals surface area contributed by atoms with Gasteiger partial charge < -0.3 is 5.11 Å². The van der Waals surface area contributed by atoms with Gasteiger partial charge in [0.15, 0.2) is 0 Å². The van der Waals surface area contributed by atoms with Crippen molar-refractivity contribution in [2.24, 2.45) is 4.99 Å². The molecule has 0 radical (unpaired) electrons. The second-order valence-corrected chi connectivity index (χ2v) is 6.60. The van der Waals surface area contributed by atoms with Crippen molar-refractivity contribution in [3.8, 4) is 0 Å². The van der Waals surface area contributed by atoms with E-state index in [0.29, 0.717) is 5.69 Å². The lowest BCUT2D eigenvalue weighted by Crippen LogP contribution is -2.31. The largest absolute Gasteiger partial charge is 0.392 e. The normalized spacial score (nSPS) is 15.8. The SMILES string of the molecule is O=S1(=O)c2ccccc2N=CN1Cc1ccc(CO)cc1. The van der Waals surface area contributed by atoms with Crippen LogP contribution in [0.2, 0.25) is 0 Å². The summed E-state index contributed by atoms with van der Waals surface area (Å²) in [4.78, 5) is 4.40. The molecule has 0 atom stereocenters. The smallest absolute Gasteiger partial charge is 0.267 e. The Kier molecular flexibility index (Phi) is 3.48. The van der Waals surface area contributed by atoms with Gasteiger partial charge in [0.1, 0.15) is 11.2 Å².